The highest BCUT2D eigenvalue weighted by atomic mass is 16.6. The normalized spacial score (nSPS) is 13.6. The summed E-state index contributed by atoms with van der Waals surface area (Å²) in [6, 6.07) is 0. The quantitative estimate of drug-likeness (QED) is 0.143. The van der Waals surface area contributed by atoms with Gasteiger partial charge < -0.3 is 40.1 Å². The molecule has 1 saturated heterocycles. The number of carbonyl (C=O) groups is 3. The average molecular weight is 422 g/mol. The Labute approximate surface area is 168 Å². The van der Waals surface area contributed by atoms with Gasteiger partial charge in [-0.3, -0.25) is 0 Å². The van der Waals surface area contributed by atoms with Crippen molar-refractivity contribution in [2.45, 2.75) is 12.5 Å². The van der Waals surface area contributed by atoms with Crippen molar-refractivity contribution in [3.05, 3.63) is 38.0 Å². The zero-order valence-corrected chi connectivity index (χ0v) is 16.1. The number of carboxylic acid groups (broad SMARTS) is 3. The Morgan fingerprint density at radius 1 is 0.897 bits per heavy atom. The first-order valence-corrected chi connectivity index (χ1v) is 8.16. The number of aliphatic hydroxyl groups excluding tert-OH is 3. The summed E-state index contributed by atoms with van der Waals surface area (Å²) in [5.74, 6) is -2.94. The predicted octanol–water partition coefficient (Wildman–Crippen LogP) is -0.474. The molecule has 168 valence electrons. The minimum atomic E-state index is -0.981. The van der Waals surface area contributed by atoms with Crippen LogP contribution in [0.15, 0.2) is 38.0 Å². The molecule has 0 radical (unpaired) electrons. The van der Waals surface area contributed by atoms with E-state index in [1.807, 2.05) is 0 Å². The second kappa shape index (κ2) is 20.2. The molecule has 0 aromatic rings. The van der Waals surface area contributed by atoms with Crippen LogP contribution in [0.25, 0.3) is 0 Å². The number of hydrogen-bond donors (Lipinski definition) is 6. The van der Waals surface area contributed by atoms with E-state index >= 15 is 0 Å². The van der Waals surface area contributed by atoms with Gasteiger partial charge in [-0.2, -0.15) is 0 Å². The first kappa shape index (κ1) is 31.1. The third kappa shape index (κ3) is 25.4. The summed E-state index contributed by atoms with van der Waals surface area (Å²) >= 11 is 0. The van der Waals surface area contributed by atoms with Crippen LogP contribution >= 0.6 is 0 Å². The minimum absolute atomic E-state index is 0.224. The summed E-state index contributed by atoms with van der Waals surface area (Å²) in [4.78, 5) is 27.8. The molecular weight excluding hydrogens is 392 g/mol. The van der Waals surface area contributed by atoms with Gasteiger partial charge in [0, 0.05) is 30.2 Å². The van der Waals surface area contributed by atoms with E-state index in [9.17, 15) is 14.4 Å². The molecule has 29 heavy (non-hydrogen) atoms. The third-order valence-corrected chi connectivity index (χ3v) is 3.01. The van der Waals surface area contributed by atoms with Gasteiger partial charge in [0.05, 0.1) is 33.0 Å². The monoisotopic (exact) mass is 422 g/mol. The molecule has 11 nitrogen and oxygen atoms in total. The van der Waals surface area contributed by atoms with E-state index < -0.39 is 23.3 Å². The molecule has 0 bridgehead atoms. The zero-order valence-electron chi connectivity index (χ0n) is 16.1. The summed E-state index contributed by atoms with van der Waals surface area (Å²) in [7, 11) is 0. The molecule has 0 saturated carbocycles. The predicted molar refractivity (Wildman–Crippen MR) is 102 cm³/mol. The van der Waals surface area contributed by atoms with Crippen LogP contribution in [0.2, 0.25) is 0 Å². The highest BCUT2D eigenvalue weighted by molar-refractivity contribution is 5.79. The Balaban J connectivity index is -0.000000373. The third-order valence-electron chi connectivity index (χ3n) is 3.01. The molecule has 0 aromatic carbocycles. The van der Waals surface area contributed by atoms with Gasteiger partial charge in [-0.15, -0.1) is 0 Å². The van der Waals surface area contributed by atoms with Crippen molar-refractivity contribution in [1.29, 1.82) is 0 Å². The Morgan fingerprint density at radius 2 is 1.21 bits per heavy atom. The van der Waals surface area contributed by atoms with E-state index in [2.05, 4.69) is 19.7 Å². The van der Waals surface area contributed by atoms with Crippen LogP contribution in [0.1, 0.15) is 6.42 Å². The maximum atomic E-state index is 9.25. The molecule has 1 fully saturated rings. The summed E-state index contributed by atoms with van der Waals surface area (Å²) in [6.45, 7) is 9.91. The van der Waals surface area contributed by atoms with Crippen molar-refractivity contribution in [3.63, 3.8) is 0 Å². The van der Waals surface area contributed by atoms with Crippen LogP contribution < -0.4 is 0 Å². The smallest absolute Gasteiger partial charge is 0.327 e. The number of aliphatic carboxylic acids is 3. The van der Waals surface area contributed by atoms with Gasteiger partial charge in [0.25, 0.3) is 0 Å². The van der Waals surface area contributed by atoms with Crippen molar-refractivity contribution in [2.75, 3.05) is 39.6 Å². The lowest BCUT2D eigenvalue weighted by Gasteiger charge is -2.26. The molecule has 1 atom stereocenters. The molecule has 6 N–H and O–H groups in total. The van der Waals surface area contributed by atoms with Crippen LogP contribution in [0.4, 0.5) is 0 Å². The Morgan fingerprint density at radius 3 is 1.41 bits per heavy atom. The van der Waals surface area contributed by atoms with Gasteiger partial charge in [-0.25, -0.2) is 14.4 Å². The van der Waals surface area contributed by atoms with Crippen LogP contribution in [-0.2, 0) is 23.9 Å². The fourth-order valence-corrected chi connectivity index (χ4v) is 1.05. The molecule has 1 aliphatic rings. The average Bonchev–Trinajstić information content (AvgIpc) is 3.54. The topological polar surface area (TPSA) is 194 Å². The molecule has 0 spiro atoms. The Kier molecular flexibility index (Phi) is 21.7. The number of carboxylic acids is 3. The molecule has 1 heterocycles. The Bertz CT molecular complexity index is 443. The largest absolute Gasteiger partial charge is 0.478 e. The van der Waals surface area contributed by atoms with Crippen molar-refractivity contribution in [2.24, 2.45) is 5.41 Å². The SMILES string of the molecule is C=CC(=O)O.C=CC(=O)O.C=CC(=O)O.OCC(CO)(CO)CCOCC1CO1. The van der Waals surface area contributed by atoms with Crippen LogP contribution in [0.3, 0.4) is 0 Å². The van der Waals surface area contributed by atoms with Crippen molar-refractivity contribution in [3.8, 4) is 0 Å². The molecule has 1 unspecified atom stereocenters. The van der Waals surface area contributed by atoms with Crippen molar-refractivity contribution >= 4 is 17.9 Å². The van der Waals surface area contributed by atoms with Crippen molar-refractivity contribution < 1.29 is 54.5 Å². The second-order valence-electron chi connectivity index (χ2n) is 5.38. The maximum Gasteiger partial charge on any atom is 0.327 e. The van der Waals surface area contributed by atoms with E-state index in [4.69, 9.17) is 40.1 Å². The number of rotatable bonds is 11. The van der Waals surface area contributed by atoms with E-state index in [1.54, 1.807) is 0 Å². The lowest BCUT2D eigenvalue weighted by atomic mass is 9.88. The van der Waals surface area contributed by atoms with Crippen molar-refractivity contribution in [1.82, 2.24) is 0 Å². The number of epoxide rings is 1. The van der Waals surface area contributed by atoms with Gasteiger partial charge in [0.2, 0.25) is 0 Å². The van der Waals surface area contributed by atoms with Gasteiger partial charge in [-0.05, 0) is 6.42 Å². The van der Waals surface area contributed by atoms with Crippen LogP contribution in [0.5, 0.6) is 0 Å². The van der Waals surface area contributed by atoms with Crippen LogP contribution in [0, 0.1) is 5.41 Å². The number of aliphatic hydroxyl groups is 3. The lowest BCUT2D eigenvalue weighted by molar-refractivity contribution is -0.132. The number of hydrogen-bond acceptors (Lipinski definition) is 8. The molecule has 0 aliphatic carbocycles. The zero-order chi connectivity index (χ0) is 23.3. The summed E-state index contributed by atoms with van der Waals surface area (Å²) in [6.07, 6.45) is 3.17. The second-order valence-corrected chi connectivity index (χ2v) is 5.38. The standard InChI is InChI=1S/C9H18O5.3C3H4O2/c10-5-9(6-11,7-12)1-2-13-3-8-4-14-8;3*1-2-3(4)5/h8,10-12H,1-7H2;3*2H,1H2,(H,4,5). The molecule has 0 amide bonds. The molecule has 1 aliphatic heterocycles. The fourth-order valence-electron chi connectivity index (χ4n) is 1.05. The van der Waals surface area contributed by atoms with E-state index in [-0.39, 0.29) is 25.9 Å². The molecule has 1 rings (SSSR count). The maximum absolute atomic E-state index is 9.25. The fraction of sp³-hybridized carbons (Fsp3) is 0.500. The molecular formula is C18H30O11. The number of ether oxygens (including phenoxy) is 2. The van der Waals surface area contributed by atoms with E-state index in [0.29, 0.717) is 19.6 Å². The summed E-state index contributed by atoms with van der Waals surface area (Å²) < 4.78 is 10.2. The summed E-state index contributed by atoms with van der Waals surface area (Å²) in [5, 5.41) is 49.8. The van der Waals surface area contributed by atoms with Crippen LogP contribution in [-0.4, -0.2) is 94.3 Å². The minimum Gasteiger partial charge on any atom is -0.478 e. The first-order chi connectivity index (χ1) is 13.6. The van der Waals surface area contributed by atoms with Gasteiger partial charge >= 0.3 is 17.9 Å². The highest BCUT2D eigenvalue weighted by Crippen LogP contribution is 2.20. The summed E-state index contributed by atoms with van der Waals surface area (Å²) in [5.41, 5.74) is -0.815. The Hall–Kier alpha value is -2.57. The highest BCUT2D eigenvalue weighted by Gasteiger charge is 2.28. The lowest BCUT2D eigenvalue weighted by Crippen LogP contribution is -2.35. The molecule has 0 aromatic heterocycles. The van der Waals surface area contributed by atoms with Gasteiger partial charge in [-0.1, -0.05) is 19.7 Å². The van der Waals surface area contributed by atoms with Gasteiger partial charge in [0.15, 0.2) is 0 Å². The van der Waals surface area contributed by atoms with Gasteiger partial charge in [0.1, 0.15) is 6.10 Å². The first-order valence-electron chi connectivity index (χ1n) is 8.16. The van der Waals surface area contributed by atoms with E-state index in [0.717, 1.165) is 24.8 Å². The van der Waals surface area contributed by atoms with E-state index in [1.165, 1.54) is 0 Å². The molecule has 11 heteroatoms.